The van der Waals surface area contributed by atoms with E-state index in [1.54, 1.807) is 0 Å². The van der Waals surface area contributed by atoms with Crippen molar-refractivity contribution in [1.82, 2.24) is 15.1 Å². The fourth-order valence-corrected chi connectivity index (χ4v) is 4.69. The number of nitrogens with zero attached hydrogens (tertiary/aromatic N) is 2. The second kappa shape index (κ2) is 10.1. The molecule has 2 saturated heterocycles. The monoisotopic (exact) mass is 469 g/mol. The molecule has 2 aliphatic heterocycles. The quantitative estimate of drug-likeness (QED) is 0.692. The predicted molar refractivity (Wildman–Crippen MR) is 114 cm³/mol. The fourth-order valence-electron chi connectivity index (χ4n) is 4.69. The summed E-state index contributed by atoms with van der Waals surface area (Å²) < 4.78 is 31.7. The summed E-state index contributed by atoms with van der Waals surface area (Å²) in [5, 5.41) is 10.2. The minimum absolute atomic E-state index is 0.0918. The van der Waals surface area contributed by atoms with Crippen LogP contribution in [0.15, 0.2) is 30.3 Å². The Morgan fingerprint density at radius 2 is 1.70 bits per heavy atom. The first-order valence-electron chi connectivity index (χ1n) is 11.1. The molecule has 0 unspecified atom stereocenters. The Labute approximate surface area is 190 Å². The van der Waals surface area contributed by atoms with Crippen LogP contribution in [-0.2, 0) is 14.4 Å². The molecular formula is C23H30F3N3O4. The van der Waals surface area contributed by atoms with Gasteiger partial charge in [0.25, 0.3) is 0 Å². The van der Waals surface area contributed by atoms with Crippen molar-refractivity contribution in [2.45, 2.75) is 37.8 Å². The summed E-state index contributed by atoms with van der Waals surface area (Å²) in [4.78, 5) is 37.9. The molecule has 1 aromatic carbocycles. The number of hydrogen-bond acceptors (Lipinski definition) is 4. The number of aliphatic carboxylic acids is 1. The highest BCUT2D eigenvalue weighted by molar-refractivity contribution is 5.84. The zero-order valence-electron chi connectivity index (χ0n) is 18.6. The van der Waals surface area contributed by atoms with Crippen LogP contribution in [0.1, 0.15) is 37.2 Å². The lowest BCUT2D eigenvalue weighted by Gasteiger charge is -2.37. The molecule has 7 nitrogen and oxygen atoms in total. The van der Waals surface area contributed by atoms with Crippen LogP contribution in [0.2, 0.25) is 0 Å². The SMILES string of the molecule is CN1CCC2(CCN(CCNC(=O)[C@H]3C[C@@H]3c3ccccc3)CC2)C1=O.O=C(O)C(F)(F)F. The highest BCUT2D eigenvalue weighted by Gasteiger charge is 2.47. The van der Waals surface area contributed by atoms with Crippen molar-refractivity contribution >= 4 is 17.8 Å². The van der Waals surface area contributed by atoms with Crippen LogP contribution in [0, 0.1) is 11.3 Å². The van der Waals surface area contributed by atoms with E-state index in [-0.39, 0.29) is 17.2 Å². The lowest BCUT2D eigenvalue weighted by molar-refractivity contribution is -0.192. The molecule has 1 aliphatic carbocycles. The molecule has 3 aliphatic rings. The summed E-state index contributed by atoms with van der Waals surface area (Å²) >= 11 is 0. The Balaban J connectivity index is 0.000000383. The Hall–Kier alpha value is -2.62. The number of carbonyl (C=O) groups is 3. The minimum atomic E-state index is -5.08. The van der Waals surface area contributed by atoms with Gasteiger partial charge < -0.3 is 20.2 Å². The topological polar surface area (TPSA) is 90.0 Å². The minimum Gasteiger partial charge on any atom is -0.475 e. The molecule has 0 aromatic heterocycles. The summed E-state index contributed by atoms with van der Waals surface area (Å²) in [6.07, 6.45) is -1.18. The lowest BCUT2D eigenvalue weighted by atomic mass is 9.77. The second-order valence-electron chi connectivity index (χ2n) is 9.05. The van der Waals surface area contributed by atoms with E-state index in [9.17, 15) is 22.8 Å². The van der Waals surface area contributed by atoms with Gasteiger partial charge in [-0.05, 0) is 50.3 Å². The molecular weight excluding hydrogens is 439 g/mol. The van der Waals surface area contributed by atoms with Crippen molar-refractivity contribution in [3.05, 3.63) is 35.9 Å². The van der Waals surface area contributed by atoms with Crippen molar-refractivity contribution in [3.63, 3.8) is 0 Å². The molecule has 2 atom stereocenters. The van der Waals surface area contributed by atoms with Gasteiger partial charge in [-0.3, -0.25) is 9.59 Å². The third-order valence-electron chi connectivity index (χ3n) is 6.86. The molecule has 0 bridgehead atoms. The molecule has 2 N–H and O–H groups in total. The van der Waals surface area contributed by atoms with E-state index in [1.165, 1.54) is 5.56 Å². The van der Waals surface area contributed by atoms with Gasteiger partial charge in [0.1, 0.15) is 0 Å². The lowest BCUT2D eigenvalue weighted by Crippen LogP contribution is -2.46. The van der Waals surface area contributed by atoms with Crippen LogP contribution in [0.5, 0.6) is 0 Å². The van der Waals surface area contributed by atoms with E-state index in [1.807, 2.05) is 30.1 Å². The van der Waals surface area contributed by atoms with Crippen molar-refractivity contribution in [3.8, 4) is 0 Å². The molecule has 2 heterocycles. The van der Waals surface area contributed by atoms with Crippen LogP contribution >= 0.6 is 0 Å². The first-order chi connectivity index (χ1) is 15.5. The van der Waals surface area contributed by atoms with Gasteiger partial charge in [-0.15, -0.1) is 0 Å². The van der Waals surface area contributed by atoms with E-state index in [0.717, 1.165) is 51.9 Å². The number of rotatable bonds is 5. The average Bonchev–Trinajstić information content (AvgIpc) is 3.54. The summed E-state index contributed by atoms with van der Waals surface area (Å²) in [6.45, 7) is 4.42. The van der Waals surface area contributed by atoms with Crippen LogP contribution in [0.3, 0.4) is 0 Å². The summed E-state index contributed by atoms with van der Waals surface area (Å²) in [5.74, 6) is -1.68. The molecule has 33 heavy (non-hydrogen) atoms. The Morgan fingerprint density at radius 1 is 1.12 bits per heavy atom. The maximum Gasteiger partial charge on any atom is 0.490 e. The smallest absolute Gasteiger partial charge is 0.475 e. The van der Waals surface area contributed by atoms with Gasteiger partial charge in [0.05, 0.1) is 5.41 Å². The summed E-state index contributed by atoms with van der Waals surface area (Å²) in [5.41, 5.74) is 1.19. The number of nitrogens with one attached hydrogen (secondary N) is 1. The largest absolute Gasteiger partial charge is 0.490 e. The average molecular weight is 470 g/mol. The molecule has 1 saturated carbocycles. The third-order valence-corrected chi connectivity index (χ3v) is 6.86. The predicted octanol–water partition coefficient (Wildman–Crippen LogP) is 2.48. The van der Waals surface area contributed by atoms with Crippen molar-refractivity contribution in [1.29, 1.82) is 0 Å². The van der Waals surface area contributed by atoms with Gasteiger partial charge in [-0.2, -0.15) is 13.2 Å². The number of piperidine rings is 1. The molecule has 4 rings (SSSR count). The first kappa shape index (κ1) is 25.0. The molecule has 10 heteroatoms. The number of likely N-dealkylation sites (tertiary alicyclic amines) is 2. The molecule has 182 valence electrons. The van der Waals surface area contributed by atoms with E-state index in [4.69, 9.17) is 9.90 Å². The van der Waals surface area contributed by atoms with Gasteiger partial charge in [0.2, 0.25) is 11.8 Å². The summed E-state index contributed by atoms with van der Waals surface area (Å²) in [7, 11) is 1.92. The van der Waals surface area contributed by atoms with Crippen molar-refractivity contribution in [2.24, 2.45) is 11.3 Å². The first-order valence-corrected chi connectivity index (χ1v) is 11.1. The van der Waals surface area contributed by atoms with Gasteiger partial charge in [-0.1, -0.05) is 30.3 Å². The van der Waals surface area contributed by atoms with E-state index < -0.39 is 12.1 Å². The molecule has 3 fully saturated rings. The highest BCUT2D eigenvalue weighted by Crippen LogP contribution is 2.47. The van der Waals surface area contributed by atoms with Gasteiger partial charge in [-0.25, -0.2) is 4.79 Å². The number of alkyl halides is 3. The van der Waals surface area contributed by atoms with Crippen LogP contribution in [-0.4, -0.2) is 78.6 Å². The molecule has 1 spiro atoms. The van der Waals surface area contributed by atoms with Crippen LogP contribution < -0.4 is 5.32 Å². The van der Waals surface area contributed by atoms with E-state index in [2.05, 4.69) is 22.3 Å². The zero-order valence-corrected chi connectivity index (χ0v) is 18.6. The van der Waals surface area contributed by atoms with Gasteiger partial charge >= 0.3 is 12.1 Å². The third kappa shape index (κ3) is 6.25. The number of carboxylic acid groups (broad SMARTS) is 1. The zero-order chi connectivity index (χ0) is 24.2. The normalized spacial score (nSPS) is 24.2. The van der Waals surface area contributed by atoms with Crippen molar-refractivity contribution < 1.29 is 32.7 Å². The molecule has 2 amide bonds. The molecule has 0 radical (unpaired) electrons. The number of hydrogen-bond donors (Lipinski definition) is 2. The van der Waals surface area contributed by atoms with Gasteiger partial charge in [0.15, 0.2) is 0 Å². The molecule has 1 aromatic rings. The maximum absolute atomic E-state index is 12.4. The van der Waals surface area contributed by atoms with Crippen LogP contribution in [0.25, 0.3) is 0 Å². The Morgan fingerprint density at radius 3 is 2.21 bits per heavy atom. The number of carboxylic acids is 1. The summed E-state index contributed by atoms with van der Waals surface area (Å²) in [6, 6.07) is 10.3. The number of amides is 2. The van der Waals surface area contributed by atoms with E-state index in [0.29, 0.717) is 18.4 Å². The number of carbonyl (C=O) groups excluding carboxylic acids is 2. The van der Waals surface area contributed by atoms with Gasteiger partial charge in [0, 0.05) is 32.6 Å². The van der Waals surface area contributed by atoms with Crippen LogP contribution in [0.4, 0.5) is 13.2 Å². The Kier molecular flexibility index (Phi) is 7.66. The number of benzene rings is 1. The second-order valence-corrected chi connectivity index (χ2v) is 9.05. The fraction of sp³-hybridized carbons (Fsp3) is 0.609. The number of halogens is 3. The van der Waals surface area contributed by atoms with Crippen molar-refractivity contribution in [2.75, 3.05) is 39.8 Å². The van der Waals surface area contributed by atoms with E-state index >= 15 is 0 Å². The Bertz CT molecular complexity index is 854. The standard InChI is InChI=1S/C21H29N3O2.C2HF3O2/c1-23-11-7-21(20(23)26)8-12-24(13-9-21)14-10-22-19(25)18-15-17(18)16-5-3-2-4-6-16;3-2(4,5)1(6)7/h2-6,17-18H,7-15H2,1H3,(H,22,25);(H,6,7)/t17-,18+;/m1./s1. The maximum atomic E-state index is 12.4. The highest BCUT2D eigenvalue weighted by atomic mass is 19.4.